The number of esters is 1. The first-order chi connectivity index (χ1) is 6.24. The highest BCUT2D eigenvalue weighted by atomic mass is 32.2. The second-order valence-electron chi connectivity index (χ2n) is 2.50. The van der Waals surface area contributed by atoms with E-state index in [0.717, 1.165) is 5.16 Å². The number of imidazole rings is 1. The van der Waals surface area contributed by atoms with Crippen molar-refractivity contribution in [2.45, 2.75) is 11.6 Å². The van der Waals surface area contributed by atoms with Crippen molar-refractivity contribution < 1.29 is 9.53 Å². The molecule has 13 heavy (non-hydrogen) atoms. The molecule has 5 heteroatoms. The van der Waals surface area contributed by atoms with Crippen LogP contribution in [0.5, 0.6) is 0 Å². The Bertz CT molecular complexity index is 285. The summed E-state index contributed by atoms with van der Waals surface area (Å²) in [4.78, 5) is 14.9. The fourth-order valence-electron chi connectivity index (χ4n) is 0.819. The molecule has 0 aliphatic rings. The van der Waals surface area contributed by atoms with Gasteiger partial charge in [0.25, 0.3) is 0 Å². The number of hydrogen-bond donors (Lipinski definition) is 0. The highest BCUT2D eigenvalue weighted by molar-refractivity contribution is 7.99. The zero-order chi connectivity index (χ0) is 9.68. The second-order valence-corrected chi connectivity index (χ2v) is 3.56. The molecule has 0 amide bonds. The zero-order valence-electron chi connectivity index (χ0n) is 7.69. The lowest BCUT2D eigenvalue weighted by molar-refractivity contribution is -0.140. The Hall–Kier alpha value is -0.970. The van der Waals surface area contributed by atoms with Crippen molar-refractivity contribution in [1.82, 2.24) is 9.55 Å². The minimum absolute atomic E-state index is 0.179. The molecule has 72 valence electrons. The number of thioether (sulfide) groups is 1. The molecule has 0 atom stereocenters. The Kier molecular flexibility index (Phi) is 3.82. The molecule has 1 heterocycles. The predicted octanol–water partition coefficient (Wildman–Crippen LogP) is 1.08. The Morgan fingerprint density at radius 2 is 2.54 bits per heavy atom. The van der Waals surface area contributed by atoms with Gasteiger partial charge in [0.05, 0.1) is 13.5 Å². The van der Waals surface area contributed by atoms with Gasteiger partial charge in [-0.25, -0.2) is 4.98 Å². The highest BCUT2D eigenvalue weighted by Gasteiger charge is 2.03. The summed E-state index contributed by atoms with van der Waals surface area (Å²) in [5.74, 6) is 0.527. The summed E-state index contributed by atoms with van der Waals surface area (Å²) in [5.41, 5.74) is 0. The molecule has 0 unspecified atom stereocenters. The van der Waals surface area contributed by atoms with Gasteiger partial charge in [-0.2, -0.15) is 0 Å². The molecule has 0 aliphatic carbocycles. The Balaban J connectivity index is 2.28. The van der Waals surface area contributed by atoms with E-state index >= 15 is 0 Å². The van der Waals surface area contributed by atoms with Crippen LogP contribution >= 0.6 is 11.8 Å². The van der Waals surface area contributed by atoms with Gasteiger partial charge < -0.3 is 9.30 Å². The van der Waals surface area contributed by atoms with Crippen molar-refractivity contribution in [2.24, 2.45) is 7.05 Å². The van der Waals surface area contributed by atoms with Gasteiger partial charge in [0, 0.05) is 25.2 Å². The van der Waals surface area contributed by atoms with Crippen LogP contribution in [0.4, 0.5) is 0 Å². The molecule has 1 aromatic heterocycles. The molecule has 0 fully saturated rings. The standard InChI is InChI=1S/C8H12N2O2S/c1-10-5-4-9-8(10)13-6-3-7(11)12-2/h4-5H,3,6H2,1-2H3. The largest absolute Gasteiger partial charge is 0.469 e. The second kappa shape index (κ2) is 4.91. The van der Waals surface area contributed by atoms with E-state index in [1.807, 2.05) is 17.8 Å². The fourth-order valence-corrected chi connectivity index (χ4v) is 1.67. The third-order valence-corrected chi connectivity index (χ3v) is 2.60. The maximum Gasteiger partial charge on any atom is 0.306 e. The van der Waals surface area contributed by atoms with Gasteiger partial charge in [-0.3, -0.25) is 4.79 Å². The molecule has 4 nitrogen and oxygen atoms in total. The molecule has 1 rings (SSSR count). The monoisotopic (exact) mass is 200 g/mol. The number of rotatable bonds is 4. The smallest absolute Gasteiger partial charge is 0.306 e. The van der Waals surface area contributed by atoms with Crippen molar-refractivity contribution >= 4 is 17.7 Å². The van der Waals surface area contributed by atoms with Crippen LogP contribution in [0, 0.1) is 0 Å². The van der Waals surface area contributed by atoms with E-state index in [2.05, 4.69) is 9.72 Å². The van der Waals surface area contributed by atoms with Gasteiger partial charge in [0.1, 0.15) is 0 Å². The van der Waals surface area contributed by atoms with Crippen LogP contribution in [0.2, 0.25) is 0 Å². The first-order valence-corrected chi connectivity index (χ1v) is 4.89. The molecular weight excluding hydrogens is 188 g/mol. The first kappa shape index (κ1) is 10.1. The average molecular weight is 200 g/mol. The molecule has 0 bridgehead atoms. The van der Waals surface area contributed by atoms with Crippen LogP contribution in [-0.4, -0.2) is 28.4 Å². The van der Waals surface area contributed by atoms with E-state index in [9.17, 15) is 4.79 Å². The number of aromatic nitrogens is 2. The van der Waals surface area contributed by atoms with Crippen LogP contribution in [0.25, 0.3) is 0 Å². The van der Waals surface area contributed by atoms with Crippen LogP contribution < -0.4 is 0 Å². The first-order valence-electron chi connectivity index (χ1n) is 3.91. The normalized spacial score (nSPS) is 10.0. The van der Waals surface area contributed by atoms with Crippen LogP contribution in [0.3, 0.4) is 0 Å². The maximum atomic E-state index is 10.8. The van der Waals surface area contributed by atoms with E-state index in [4.69, 9.17) is 0 Å². The van der Waals surface area contributed by atoms with E-state index in [-0.39, 0.29) is 5.97 Å². The van der Waals surface area contributed by atoms with Crippen molar-refractivity contribution in [3.63, 3.8) is 0 Å². The molecule has 0 saturated carbocycles. The number of carbonyl (C=O) groups is 1. The number of carbonyl (C=O) groups excluding carboxylic acids is 1. The Labute approximate surface area is 81.3 Å². The lowest BCUT2D eigenvalue weighted by atomic mass is 10.5. The number of aryl methyl sites for hydroxylation is 1. The van der Waals surface area contributed by atoms with E-state index < -0.39 is 0 Å². The summed E-state index contributed by atoms with van der Waals surface area (Å²) in [6.45, 7) is 0. The number of nitrogens with zero attached hydrogens (tertiary/aromatic N) is 2. The van der Waals surface area contributed by atoms with E-state index in [1.54, 1.807) is 18.0 Å². The zero-order valence-corrected chi connectivity index (χ0v) is 8.50. The van der Waals surface area contributed by atoms with Gasteiger partial charge >= 0.3 is 5.97 Å². The highest BCUT2D eigenvalue weighted by Crippen LogP contribution is 2.15. The molecule has 1 aromatic rings. The fraction of sp³-hybridized carbons (Fsp3) is 0.500. The van der Waals surface area contributed by atoms with Gasteiger partial charge in [0.15, 0.2) is 5.16 Å². The van der Waals surface area contributed by atoms with Crippen LogP contribution in [-0.2, 0) is 16.6 Å². The Morgan fingerprint density at radius 1 is 1.77 bits per heavy atom. The van der Waals surface area contributed by atoms with Crippen LogP contribution in [0.1, 0.15) is 6.42 Å². The SMILES string of the molecule is COC(=O)CCSc1nccn1C. The van der Waals surface area contributed by atoms with Crippen molar-refractivity contribution in [1.29, 1.82) is 0 Å². The maximum absolute atomic E-state index is 10.8. The summed E-state index contributed by atoms with van der Waals surface area (Å²) >= 11 is 1.55. The van der Waals surface area contributed by atoms with Crippen molar-refractivity contribution in [3.05, 3.63) is 12.4 Å². The lowest BCUT2D eigenvalue weighted by Gasteiger charge is -2.00. The van der Waals surface area contributed by atoms with Gasteiger partial charge in [-0.1, -0.05) is 11.8 Å². The number of hydrogen-bond acceptors (Lipinski definition) is 4. The summed E-state index contributed by atoms with van der Waals surface area (Å²) in [6.07, 6.45) is 4.04. The number of methoxy groups -OCH3 is 1. The third kappa shape index (κ3) is 3.10. The quantitative estimate of drug-likeness (QED) is 0.539. The summed E-state index contributed by atoms with van der Waals surface area (Å²) < 4.78 is 6.44. The third-order valence-electron chi connectivity index (χ3n) is 1.54. The molecule has 0 aromatic carbocycles. The lowest BCUT2D eigenvalue weighted by Crippen LogP contribution is -2.01. The molecule has 0 saturated heterocycles. The van der Waals surface area contributed by atoms with Crippen molar-refractivity contribution in [2.75, 3.05) is 12.9 Å². The topological polar surface area (TPSA) is 44.1 Å². The van der Waals surface area contributed by atoms with Crippen LogP contribution in [0.15, 0.2) is 17.6 Å². The summed E-state index contributed by atoms with van der Waals surface area (Å²) in [5, 5.41) is 0.920. The molecule has 0 spiro atoms. The predicted molar refractivity (Wildman–Crippen MR) is 50.6 cm³/mol. The Morgan fingerprint density at radius 3 is 3.08 bits per heavy atom. The minimum Gasteiger partial charge on any atom is -0.469 e. The van der Waals surface area contributed by atoms with Gasteiger partial charge in [-0.05, 0) is 0 Å². The average Bonchev–Trinajstić information content (AvgIpc) is 2.52. The summed E-state index contributed by atoms with van der Waals surface area (Å²) in [7, 11) is 3.32. The van der Waals surface area contributed by atoms with Gasteiger partial charge in [-0.15, -0.1) is 0 Å². The van der Waals surface area contributed by atoms with E-state index in [0.29, 0.717) is 12.2 Å². The molecule has 0 radical (unpaired) electrons. The number of ether oxygens (including phenoxy) is 1. The molecule has 0 N–H and O–H groups in total. The summed E-state index contributed by atoms with van der Waals surface area (Å²) in [6, 6.07) is 0. The minimum atomic E-state index is -0.179. The van der Waals surface area contributed by atoms with E-state index in [1.165, 1.54) is 7.11 Å². The molecule has 0 aliphatic heterocycles. The molecular formula is C8H12N2O2S. The van der Waals surface area contributed by atoms with Crippen molar-refractivity contribution in [3.8, 4) is 0 Å². The van der Waals surface area contributed by atoms with Gasteiger partial charge in [0.2, 0.25) is 0 Å².